The summed E-state index contributed by atoms with van der Waals surface area (Å²) in [4.78, 5) is 0. The summed E-state index contributed by atoms with van der Waals surface area (Å²) in [5.41, 5.74) is 0.195. The van der Waals surface area contributed by atoms with E-state index in [-0.39, 0.29) is 5.70 Å². The van der Waals surface area contributed by atoms with Crippen LogP contribution in [0.3, 0.4) is 0 Å². The third-order valence-electron chi connectivity index (χ3n) is 1.37. The number of hydrogen-bond donors (Lipinski definition) is 3. The summed E-state index contributed by atoms with van der Waals surface area (Å²) >= 11 is 0. The van der Waals surface area contributed by atoms with E-state index in [1.807, 2.05) is 0 Å². The zero-order valence-corrected chi connectivity index (χ0v) is 8.13. The summed E-state index contributed by atoms with van der Waals surface area (Å²) in [6, 6.07) is 0. The molecule has 0 amide bonds. The Labute approximate surface area is 81.1 Å². The van der Waals surface area contributed by atoms with Gasteiger partial charge in [0.05, 0.1) is 0 Å². The summed E-state index contributed by atoms with van der Waals surface area (Å²) in [6.45, 7) is 2.35. The molecule has 0 rings (SSSR count). The average molecular weight is 209 g/mol. The molecule has 0 heterocycles. The van der Waals surface area contributed by atoms with Crippen molar-refractivity contribution in [3.8, 4) is 0 Å². The molecule has 0 aliphatic carbocycles. The number of nitrogens with one attached hydrogen (secondary N) is 3. The Bertz CT molecular complexity index is 214. The van der Waals surface area contributed by atoms with E-state index >= 15 is 0 Å². The van der Waals surface area contributed by atoms with Crippen molar-refractivity contribution in [3.05, 3.63) is 24.2 Å². The zero-order valence-electron chi connectivity index (χ0n) is 8.13. The highest BCUT2D eigenvalue weighted by molar-refractivity contribution is 5.16. The molecule has 0 aromatic rings. The monoisotopic (exact) mass is 209 g/mol. The third-order valence-corrected chi connectivity index (χ3v) is 1.37. The zero-order chi connectivity index (χ0) is 11.2. The van der Waals surface area contributed by atoms with Crippen LogP contribution in [0.25, 0.3) is 0 Å². The Kier molecular flexibility index (Phi) is 4.90. The Morgan fingerprint density at radius 2 is 1.79 bits per heavy atom. The minimum atomic E-state index is -4.23. The quantitative estimate of drug-likeness (QED) is 0.589. The molecule has 0 aliphatic rings. The van der Waals surface area contributed by atoms with Gasteiger partial charge in [-0.1, -0.05) is 6.58 Å². The molecule has 0 radical (unpaired) electrons. The van der Waals surface area contributed by atoms with Crippen LogP contribution in [0.2, 0.25) is 0 Å². The van der Waals surface area contributed by atoms with Gasteiger partial charge in [-0.05, 0) is 0 Å². The van der Waals surface area contributed by atoms with E-state index in [9.17, 15) is 13.2 Å². The fourth-order valence-corrected chi connectivity index (χ4v) is 0.708. The van der Waals surface area contributed by atoms with Crippen molar-refractivity contribution >= 4 is 0 Å². The van der Waals surface area contributed by atoms with Crippen molar-refractivity contribution in [1.82, 2.24) is 16.0 Å². The van der Waals surface area contributed by atoms with Gasteiger partial charge in [0.1, 0.15) is 12.4 Å². The van der Waals surface area contributed by atoms with Crippen molar-refractivity contribution < 1.29 is 13.2 Å². The largest absolute Gasteiger partial charge is 0.405 e. The normalized spacial score (nSPS) is 10.4. The first-order chi connectivity index (χ1) is 6.39. The Morgan fingerprint density at radius 1 is 1.29 bits per heavy atom. The van der Waals surface area contributed by atoms with Gasteiger partial charge < -0.3 is 16.0 Å². The van der Waals surface area contributed by atoms with Gasteiger partial charge in [0.2, 0.25) is 0 Å². The van der Waals surface area contributed by atoms with Crippen molar-refractivity contribution in [3.63, 3.8) is 0 Å². The number of halogens is 3. The summed E-state index contributed by atoms with van der Waals surface area (Å²) < 4.78 is 35.3. The van der Waals surface area contributed by atoms with Crippen LogP contribution >= 0.6 is 0 Å². The average Bonchev–Trinajstić information content (AvgIpc) is 2.09. The fourth-order valence-electron chi connectivity index (χ4n) is 0.708. The number of alkyl halides is 3. The molecule has 0 aromatic heterocycles. The van der Waals surface area contributed by atoms with Crippen LogP contribution in [-0.4, -0.2) is 26.8 Å². The molecule has 0 aliphatic heterocycles. The van der Waals surface area contributed by atoms with Crippen molar-refractivity contribution in [1.29, 1.82) is 0 Å². The molecule has 14 heavy (non-hydrogen) atoms. The lowest BCUT2D eigenvalue weighted by Gasteiger charge is -2.11. The van der Waals surface area contributed by atoms with Crippen molar-refractivity contribution in [2.45, 2.75) is 6.18 Å². The molecule has 82 valence electrons. The van der Waals surface area contributed by atoms with Crippen LogP contribution < -0.4 is 16.0 Å². The van der Waals surface area contributed by atoms with E-state index in [4.69, 9.17) is 0 Å². The number of rotatable bonds is 5. The second kappa shape index (κ2) is 5.41. The van der Waals surface area contributed by atoms with Gasteiger partial charge in [0.25, 0.3) is 0 Å². The van der Waals surface area contributed by atoms with E-state index < -0.39 is 12.7 Å². The second-order valence-electron chi connectivity index (χ2n) is 2.55. The lowest BCUT2D eigenvalue weighted by molar-refractivity contribution is -0.123. The van der Waals surface area contributed by atoms with Crippen LogP contribution in [-0.2, 0) is 0 Å². The topological polar surface area (TPSA) is 36.1 Å². The molecule has 3 nitrogen and oxygen atoms in total. The smallest absolute Gasteiger partial charge is 0.377 e. The molecule has 0 fully saturated rings. The highest BCUT2D eigenvalue weighted by Crippen LogP contribution is 2.12. The van der Waals surface area contributed by atoms with E-state index in [1.165, 1.54) is 6.08 Å². The SMILES string of the molecule is C=C(C=C(NC)NC)NCC(F)(F)F. The first-order valence-corrected chi connectivity index (χ1v) is 3.95. The highest BCUT2D eigenvalue weighted by atomic mass is 19.4. The standard InChI is InChI=1S/C8H14F3N3/c1-6(4-7(12-2)13-3)14-5-8(9,10)11/h4,12-14H,1,5H2,2-3H3. The van der Waals surface area contributed by atoms with Gasteiger partial charge in [-0.15, -0.1) is 0 Å². The third kappa shape index (κ3) is 6.22. The maximum atomic E-state index is 11.8. The molecular formula is C8H14F3N3. The van der Waals surface area contributed by atoms with E-state index in [1.54, 1.807) is 14.1 Å². The predicted octanol–water partition coefficient (Wildman–Crippen LogP) is 0.932. The second-order valence-corrected chi connectivity index (χ2v) is 2.55. The fraction of sp³-hybridized carbons (Fsp3) is 0.500. The van der Waals surface area contributed by atoms with Gasteiger partial charge in [-0.2, -0.15) is 13.2 Å². The van der Waals surface area contributed by atoms with Crippen LogP contribution in [0.15, 0.2) is 24.2 Å². The molecule has 3 N–H and O–H groups in total. The van der Waals surface area contributed by atoms with Crippen LogP contribution in [0, 0.1) is 0 Å². The number of allylic oxidation sites excluding steroid dienone is 1. The maximum absolute atomic E-state index is 11.8. The van der Waals surface area contributed by atoms with Gasteiger partial charge >= 0.3 is 6.18 Å². The molecule has 0 unspecified atom stereocenters. The van der Waals surface area contributed by atoms with Gasteiger partial charge in [-0.25, -0.2) is 0 Å². The highest BCUT2D eigenvalue weighted by Gasteiger charge is 2.26. The maximum Gasteiger partial charge on any atom is 0.405 e. The summed E-state index contributed by atoms with van der Waals surface area (Å²) in [5, 5.41) is 7.64. The van der Waals surface area contributed by atoms with E-state index in [0.29, 0.717) is 5.82 Å². The Morgan fingerprint density at radius 3 is 2.14 bits per heavy atom. The van der Waals surface area contributed by atoms with Gasteiger partial charge in [-0.3, -0.25) is 0 Å². The molecular weight excluding hydrogens is 195 g/mol. The molecule has 0 spiro atoms. The van der Waals surface area contributed by atoms with Gasteiger partial charge in [0.15, 0.2) is 0 Å². The predicted molar refractivity (Wildman–Crippen MR) is 49.4 cm³/mol. The molecule has 0 saturated heterocycles. The first-order valence-electron chi connectivity index (χ1n) is 3.95. The number of hydrogen-bond acceptors (Lipinski definition) is 3. The van der Waals surface area contributed by atoms with Crippen molar-refractivity contribution in [2.24, 2.45) is 0 Å². The molecule has 0 atom stereocenters. The van der Waals surface area contributed by atoms with Gasteiger partial charge in [0, 0.05) is 25.9 Å². The van der Waals surface area contributed by atoms with E-state index in [0.717, 1.165) is 0 Å². The van der Waals surface area contributed by atoms with Crippen LogP contribution in [0.1, 0.15) is 0 Å². The molecule has 0 aromatic carbocycles. The summed E-state index contributed by atoms with van der Waals surface area (Å²) in [7, 11) is 3.30. The van der Waals surface area contributed by atoms with Crippen molar-refractivity contribution in [2.75, 3.05) is 20.6 Å². The summed E-state index contributed by atoms with van der Waals surface area (Å²) in [5.74, 6) is 0.588. The van der Waals surface area contributed by atoms with Crippen LogP contribution in [0.5, 0.6) is 0 Å². The molecule has 0 bridgehead atoms. The van der Waals surface area contributed by atoms with E-state index in [2.05, 4.69) is 22.5 Å². The lowest BCUT2D eigenvalue weighted by atomic mass is 10.4. The lowest BCUT2D eigenvalue weighted by Crippen LogP contribution is -2.28. The van der Waals surface area contributed by atoms with Crippen LogP contribution in [0.4, 0.5) is 13.2 Å². The first kappa shape index (κ1) is 12.7. The molecule has 6 heteroatoms. The Hall–Kier alpha value is -1.33. The molecule has 0 saturated carbocycles. The Balaban J connectivity index is 4.04. The minimum Gasteiger partial charge on any atom is -0.377 e. The minimum absolute atomic E-state index is 0.195. The summed E-state index contributed by atoms with van der Waals surface area (Å²) in [6.07, 6.45) is -2.78.